The van der Waals surface area contributed by atoms with E-state index < -0.39 is 47.4 Å². The van der Waals surface area contributed by atoms with Gasteiger partial charge in [-0.05, 0) is 0 Å². The van der Waals surface area contributed by atoms with Gasteiger partial charge in [0.25, 0.3) is 0 Å². The van der Waals surface area contributed by atoms with Crippen LogP contribution in [0.5, 0.6) is 0 Å². The number of ether oxygens (including phenoxy) is 1. The van der Waals surface area contributed by atoms with Gasteiger partial charge in [0, 0.05) is 0 Å². The summed E-state index contributed by atoms with van der Waals surface area (Å²) >= 11 is 0. The van der Waals surface area contributed by atoms with Crippen LogP contribution in [0.25, 0.3) is 0 Å². The predicted molar refractivity (Wildman–Crippen MR) is 47.6 cm³/mol. The molecule has 1 aliphatic rings. The Morgan fingerprint density at radius 3 is 2.24 bits per heavy atom. The van der Waals surface area contributed by atoms with Crippen LogP contribution < -0.4 is 0 Å². The molecular weight excluding hydrogens is 264 g/mol. The van der Waals surface area contributed by atoms with E-state index in [4.69, 9.17) is 19.9 Å². The molecule has 1 fully saturated rings. The first kappa shape index (κ1) is 14.7. The average Bonchev–Trinajstić information content (AvgIpc) is 2.18. The van der Waals surface area contributed by atoms with E-state index >= 15 is 0 Å². The van der Waals surface area contributed by atoms with E-state index in [-0.39, 0.29) is 0 Å². The number of aliphatic hydroxyl groups is 5. The molecule has 1 aliphatic heterocycles. The van der Waals surface area contributed by atoms with Crippen LogP contribution in [-0.4, -0.2) is 75.5 Å². The third-order valence-corrected chi connectivity index (χ3v) is 2.69. The van der Waals surface area contributed by atoms with Gasteiger partial charge >= 0.3 is 10.4 Å². The van der Waals surface area contributed by atoms with Crippen molar-refractivity contribution < 1.29 is 47.4 Å². The fourth-order valence-electron chi connectivity index (χ4n) is 1.38. The maximum absolute atomic E-state index is 10.5. The zero-order valence-electron chi connectivity index (χ0n) is 8.24. The molecule has 0 amide bonds. The monoisotopic (exact) mass is 276 g/mol. The Morgan fingerprint density at radius 2 is 1.82 bits per heavy atom. The second-order valence-electron chi connectivity index (χ2n) is 3.40. The van der Waals surface area contributed by atoms with Crippen LogP contribution >= 0.6 is 0 Å². The van der Waals surface area contributed by atoms with E-state index in [9.17, 15) is 18.6 Å². The van der Waals surface area contributed by atoms with Crippen LogP contribution in [0.4, 0.5) is 0 Å². The summed E-state index contributed by atoms with van der Waals surface area (Å²) in [5, 5.41) is 46.1. The lowest BCUT2D eigenvalue weighted by Crippen LogP contribution is -2.68. The maximum atomic E-state index is 10.5. The minimum Gasteiger partial charge on any atom is -0.393 e. The highest BCUT2D eigenvalue weighted by atomic mass is 32.3. The molecule has 1 heterocycles. The van der Waals surface area contributed by atoms with Crippen LogP contribution in [0.3, 0.4) is 0 Å². The van der Waals surface area contributed by atoms with Crippen molar-refractivity contribution in [2.24, 2.45) is 0 Å². The van der Waals surface area contributed by atoms with Crippen molar-refractivity contribution in [3.05, 3.63) is 0 Å². The topological polar surface area (TPSA) is 174 Å². The van der Waals surface area contributed by atoms with Gasteiger partial charge in [-0.25, -0.2) is 4.18 Å². The first-order chi connectivity index (χ1) is 7.62. The molecule has 1 rings (SSSR count). The fraction of sp³-hybridized carbons (Fsp3) is 1.00. The Hall–Kier alpha value is -0.370. The number of hydrogen-bond acceptors (Lipinski definition) is 9. The van der Waals surface area contributed by atoms with Gasteiger partial charge in [0.05, 0.1) is 6.61 Å². The van der Waals surface area contributed by atoms with Gasteiger partial charge in [-0.15, -0.1) is 0 Å². The van der Waals surface area contributed by atoms with Crippen molar-refractivity contribution in [1.29, 1.82) is 0 Å². The molecule has 6 N–H and O–H groups in total. The van der Waals surface area contributed by atoms with Gasteiger partial charge in [-0.3, -0.25) is 4.55 Å². The number of aliphatic hydroxyl groups excluding tert-OH is 4. The summed E-state index contributed by atoms with van der Waals surface area (Å²) in [5.74, 6) is -3.12. The van der Waals surface area contributed by atoms with Crippen LogP contribution in [0.2, 0.25) is 0 Å². The standard InChI is InChI=1S/C6H12O10S/c7-1-2-6(11,16-17(12,13)14)4(9)3(8)5(10)15-2/h2-5,7-11H,1H2,(H,12,13,14)/t2-,3-,4+,5?,6+/m1/s1. The summed E-state index contributed by atoms with van der Waals surface area (Å²) in [6.45, 7) is -1.05. The second-order valence-corrected chi connectivity index (χ2v) is 4.42. The van der Waals surface area contributed by atoms with Gasteiger partial charge in [-0.1, -0.05) is 0 Å². The smallest absolute Gasteiger partial charge is 0.393 e. The molecule has 1 saturated heterocycles. The summed E-state index contributed by atoms with van der Waals surface area (Å²) in [5.41, 5.74) is 0. The predicted octanol–water partition coefficient (Wildman–Crippen LogP) is -4.07. The highest BCUT2D eigenvalue weighted by molar-refractivity contribution is 7.80. The highest BCUT2D eigenvalue weighted by Crippen LogP contribution is 2.31. The van der Waals surface area contributed by atoms with E-state index in [1.807, 2.05) is 0 Å². The first-order valence-corrected chi connectivity index (χ1v) is 5.69. The van der Waals surface area contributed by atoms with Crippen molar-refractivity contribution in [2.45, 2.75) is 30.4 Å². The molecule has 17 heavy (non-hydrogen) atoms. The van der Waals surface area contributed by atoms with Crippen molar-refractivity contribution in [3.8, 4) is 0 Å². The van der Waals surface area contributed by atoms with E-state index in [0.29, 0.717) is 0 Å². The minimum atomic E-state index is -5.19. The molecule has 0 aromatic heterocycles. The van der Waals surface area contributed by atoms with Crippen LogP contribution in [0, 0.1) is 0 Å². The van der Waals surface area contributed by atoms with Gasteiger partial charge in [0.15, 0.2) is 6.29 Å². The largest absolute Gasteiger partial charge is 0.400 e. The third kappa shape index (κ3) is 2.90. The van der Waals surface area contributed by atoms with E-state index in [2.05, 4.69) is 8.92 Å². The normalized spacial score (nSPS) is 43.6. The Balaban J connectivity index is 3.07. The Morgan fingerprint density at radius 1 is 1.29 bits per heavy atom. The van der Waals surface area contributed by atoms with Gasteiger partial charge in [-0.2, -0.15) is 8.42 Å². The van der Waals surface area contributed by atoms with Crippen LogP contribution in [0.1, 0.15) is 0 Å². The average molecular weight is 276 g/mol. The lowest BCUT2D eigenvalue weighted by Gasteiger charge is -2.44. The SMILES string of the molecule is O=S(=O)(O)O[C@@]1(O)[C@@H](CO)OC(O)[C@H](O)[C@@H]1O. The zero-order chi connectivity index (χ0) is 13.4. The van der Waals surface area contributed by atoms with E-state index in [0.717, 1.165) is 0 Å². The molecule has 0 saturated carbocycles. The summed E-state index contributed by atoms with van der Waals surface area (Å²) in [4.78, 5) is 0. The Bertz CT molecular complexity index is 363. The van der Waals surface area contributed by atoms with Crippen molar-refractivity contribution in [3.63, 3.8) is 0 Å². The maximum Gasteiger partial charge on any atom is 0.400 e. The number of rotatable bonds is 3. The molecule has 1 unspecified atom stereocenters. The molecule has 102 valence electrons. The summed E-state index contributed by atoms with van der Waals surface area (Å²) in [7, 11) is -5.19. The molecule has 0 spiro atoms. The molecule has 5 atom stereocenters. The quantitative estimate of drug-likeness (QED) is 0.220. The van der Waals surface area contributed by atoms with Crippen molar-refractivity contribution in [2.75, 3.05) is 6.61 Å². The first-order valence-electron chi connectivity index (χ1n) is 4.32. The van der Waals surface area contributed by atoms with Gasteiger partial charge in [0.1, 0.15) is 18.3 Å². The molecule has 0 aromatic carbocycles. The summed E-state index contributed by atoms with van der Waals surface area (Å²) in [6.07, 6.45) is -8.28. The molecule has 0 radical (unpaired) electrons. The molecule has 11 heteroatoms. The molecule has 0 bridgehead atoms. The Kier molecular flexibility index (Phi) is 4.08. The van der Waals surface area contributed by atoms with Gasteiger partial charge in [0.2, 0.25) is 5.79 Å². The third-order valence-electron chi connectivity index (χ3n) is 2.21. The van der Waals surface area contributed by atoms with Gasteiger partial charge < -0.3 is 30.3 Å². The Labute approximate surface area is 95.6 Å². The summed E-state index contributed by atoms with van der Waals surface area (Å²) < 4.78 is 37.6. The molecular formula is C6H12O10S. The molecule has 0 aliphatic carbocycles. The lowest BCUT2D eigenvalue weighted by molar-refractivity contribution is -0.370. The second kappa shape index (κ2) is 4.72. The minimum absolute atomic E-state index is 1.05. The van der Waals surface area contributed by atoms with Crippen molar-refractivity contribution in [1.82, 2.24) is 0 Å². The molecule has 0 aromatic rings. The number of hydrogen-bond donors (Lipinski definition) is 6. The fourth-order valence-corrected chi connectivity index (χ4v) is 1.93. The molecule has 10 nitrogen and oxygen atoms in total. The van der Waals surface area contributed by atoms with E-state index in [1.54, 1.807) is 0 Å². The lowest BCUT2D eigenvalue weighted by atomic mass is 9.95. The highest BCUT2D eigenvalue weighted by Gasteiger charge is 2.57. The van der Waals surface area contributed by atoms with Crippen LogP contribution in [-0.2, 0) is 19.3 Å². The van der Waals surface area contributed by atoms with Crippen molar-refractivity contribution >= 4 is 10.4 Å². The van der Waals surface area contributed by atoms with E-state index in [1.165, 1.54) is 0 Å². The summed E-state index contributed by atoms with van der Waals surface area (Å²) in [6, 6.07) is 0. The van der Waals surface area contributed by atoms with Crippen LogP contribution in [0.15, 0.2) is 0 Å². The zero-order valence-corrected chi connectivity index (χ0v) is 9.06.